The van der Waals surface area contributed by atoms with Gasteiger partial charge in [0.25, 0.3) is 0 Å². The van der Waals surface area contributed by atoms with Crippen molar-refractivity contribution in [3.63, 3.8) is 0 Å². The van der Waals surface area contributed by atoms with Gasteiger partial charge in [0.15, 0.2) is 4.34 Å². The molecule has 3 aromatic carbocycles. The molecule has 0 unspecified atom stereocenters. The van der Waals surface area contributed by atoms with Crippen molar-refractivity contribution in [2.75, 3.05) is 26.3 Å². The molecule has 1 saturated heterocycles. The van der Waals surface area contributed by atoms with E-state index in [4.69, 9.17) is 33.9 Å². The minimum atomic E-state index is -0.958. The largest absolute Gasteiger partial charge is 0.475 e. The van der Waals surface area contributed by atoms with Crippen LogP contribution < -0.4 is 0 Å². The van der Waals surface area contributed by atoms with Crippen molar-refractivity contribution in [3.05, 3.63) is 84.9 Å². The highest BCUT2D eigenvalue weighted by atomic mass is 33.1. The van der Waals surface area contributed by atoms with Crippen molar-refractivity contribution in [2.45, 2.75) is 53.5 Å². The lowest BCUT2D eigenvalue weighted by atomic mass is 10.2. The molecule has 4 aromatic rings. The number of hydrogen-bond donors (Lipinski definition) is 1. The summed E-state index contributed by atoms with van der Waals surface area (Å²) in [4.78, 5) is 7.19. The Morgan fingerprint density at radius 2 is 1.42 bits per heavy atom. The summed E-state index contributed by atoms with van der Waals surface area (Å²) in [6.45, 7) is 10.8. The third kappa shape index (κ3) is 16.4. The number of thiazole rings is 1. The van der Waals surface area contributed by atoms with Crippen LogP contribution in [0.2, 0.25) is 0 Å². The van der Waals surface area contributed by atoms with E-state index < -0.39 is 5.60 Å². The average molecular weight is 773 g/mol. The molecule has 1 aromatic heterocycles. The van der Waals surface area contributed by atoms with Crippen LogP contribution in [0.1, 0.15) is 27.7 Å². The predicted octanol–water partition coefficient (Wildman–Crippen LogP) is 10.9. The Hall–Kier alpha value is -0.490. The maximum Gasteiger partial charge on any atom is 0.231 e. The van der Waals surface area contributed by atoms with Crippen molar-refractivity contribution in [1.82, 2.24) is 9.29 Å². The van der Waals surface area contributed by atoms with Crippen molar-refractivity contribution >= 4 is 120 Å². The van der Waals surface area contributed by atoms with E-state index in [9.17, 15) is 5.11 Å². The number of hydrogen-bond acceptors (Lipinski definition) is 14. The van der Waals surface area contributed by atoms with Gasteiger partial charge in [-0.15, -0.1) is 11.3 Å². The molecule has 0 saturated carbocycles. The van der Waals surface area contributed by atoms with Crippen LogP contribution in [-0.2, 0) is 9.47 Å². The lowest BCUT2D eigenvalue weighted by Crippen LogP contribution is -2.30. The number of rotatable bonds is 8. The summed E-state index contributed by atoms with van der Waals surface area (Å²) in [6.07, 6.45) is 0.0753. The smallest absolute Gasteiger partial charge is 0.231 e. The van der Waals surface area contributed by atoms with Crippen LogP contribution in [-0.4, -0.2) is 61.0 Å². The Bertz CT molecular complexity index is 1360. The summed E-state index contributed by atoms with van der Waals surface area (Å²) in [5, 5.41) is 9.52. The van der Waals surface area contributed by atoms with Gasteiger partial charge in [-0.05, 0) is 120 Å². The van der Waals surface area contributed by atoms with Gasteiger partial charge in [-0.3, -0.25) is 0 Å². The van der Waals surface area contributed by atoms with Crippen LogP contribution in [0.25, 0.3) is 10.2 Å². The summed E-state index contributed by atoms with van der Waals surface area (Å²) < 4.78 is 16.2. The van der Waals surface area contributed by atoms with Gasteiger partial charge >= 0.3 is 0 Å². The SMILES string of the molecule is CC(C)OC(=S)SSC(=S)C(C)(C)O.c1ccc(SSc2ccccc2)cc1.c1ccc2sc(SSN3CCOCC3)nc2c1. The number of morpholine rings is 1. The van der Waals surface area contributed by atoms with Gasteiger partial charge in [0, 0.05) is 22.9 Å². The summed E-state index contributed by atoms with van der Waals surface area (Å²) in [7, 11) is 9.64. The van der Waals surface area contributed by atoms with Gasteiger partial charge in [0.2, 0.25) is 4.38 Å². The quantitative estimate of drug-likeness (QED) is 0.105. The molecule has 5 nitrogen and oxygen atoms in total. The number of nitrogens with zero attached hydrogens (tertiary/aromatic N) is 2. The van der Waals surface area contributed by atoms with Gasteiger partial charge in [-0.2, -0.15) is 0 Å². The fraction of sp³-hybridized carbons (Fsp3) is 0.323. The second-order valence-corrected chi connectivity index (χ2v) is 19.0. The highest BCUT2D eigenvalue weighted by Crippen LogP contribution is 2.39. The first-order valence-electron chi connectivity index (χ1n) is 13.9. The van der Waals surface area contributed by atoms with E-state index in [1.165, 1.54) is 36.1 Å². The Labute approximate surface area is 305 Å². The van der Waals surface area contributed by atoms with Crippen LogP contribution in [0, 0.1) is 0 Å². The number of aliphatic hydroxyl groups is 1. The van der Waals surface area contributed by atoms with E-state index >= 15 is 0 Å². The van der Waals surface area contributed by atoms with Crippen molar-refractivity contribution in [3.8, 4) is 0 Å². The zero-order chi connectivity index (χ0) is 32.5. The molecule has 14 heteroatoms. The standard InChI is InChI=1S/C12H10S2.C11H12N2OS3.C8H14O2S4/c1-3-7-11(8-4-1)13-14-12-9-5-2-6-10-12;1-2-4-10-9(3-1)12-11(15-10)16-17-13-5-7-14-8-6-13;1-5(2)10-7(12)14-13-6(11)8(3,4)9/h1-10H;1-4H,5-8H2;5,9H,1-4H3. The van der Waals surface area contributed by atoms with Crippen LogP contribution in [0.15, 0.2) is 99.1 Å². The van der Waals surface area contributed by atoms with Gasteiger partial charge < -0.3 is 14.6 Å². The molecule has 1 aliphatic rings. The number of ether oxygens (including phenoxy) is 2. The highest BCUT2D eigenvalue weighted by molar-refractivity contribution is 8.89. The number of aromatic nitrogens is 1. The first-order valence-corrected chi connectivity index (χ1v) is 21.9. The molecule has 0 amide bonds. The van der Waals surface area contributed by atoms with Gasteiger partial charge in [-0.25, -0.2) is 9.29 Å². The summed E-state index contributed by atoms with van der Waals surface area (Å²) in [5.74, 6) is 0. The van der Waals surface area contributed by atoms with Gasteiger partial charge in [-0.1, -0.05) is 82.3 Å². The number of benzene rings is 3. The minimum absolute atomic E-state index is 0.0753. The lowest BCUT2D eigenvalue weighted by molar-refractivity contribution is 0.0779. The molecule has 5 rings (SSSR count). The van der Waals surface area contributed by atoms with Crippen LogP contribution in [0.4, 0.5) is 0 Å². The third-order valence-corrected chi connectivity index (χ3v) is 15.4. The zero-order valence-electron chi connectivity index (χ0n) is 25.3. The molecule has 1 fully saturated rings. The molecule has 2 heterocycles. The fourth-order valence-electron chi connectivity index (χ4n) is 3.03. The Morgan fingerprint density at radius 3 is 1.96 bits per heavy atom. The topological polar surface area (TPSA) is 54.8 Å². The second kappa shape index (κ2) is 21.5. The van der Waals surface area contributed by atoms with Crippen LogP contribution in [0.3, 0.4) is 0 Å². The zero-order valence-corrected chi connectivity index (χ0v) is 32.7. The van der Waals surface area contributed by atoms with Crippen molar-refractivity contribution in [1.29, 1.82) is 0 Å². The molecule has 242 valence electrons. The predicted molar refractivity (Wildman–Crippen MR) is 213 cm³/mol. The van der Waals surface area contributed by atoms with E-state index in [-0.39, 0.29) is 6.10 Å². The van der Waals surface area contributed by atoms with Gasteiger partial charge in [0.1, 0.15) is 5.60 Å². The average Bonchev–Trinajstić information content (AvgIpc) is 3.46. The molecule has 1 N–H and O–H groups in total. The van der Waals surface area contributed by atoms with Gasteiger partial charge in [0.05, 0.1) is 33.7 Å². The Kier molecular flexibility index (Phi) is 18.6. The lowest BCUT2D eigenvalue weighted by Gasteiger charge is -2.23. The van der Waals surface area contributed by atoms with E-state index in [0.29, 0.717) is 8.58 Å². The van der Waals surface area contributed by atoms with Crippen LogP contribution >= 0.6 is 101 Å². The first kappa shape index (κ1) is 39.0. The van der Waals surface area contributed by atoms with E-state index in [1.807, 2.05) is 32.0 Å². The molecule has 1 aliphatic heterocycles. The summed E-state index contributed by atoms with van der Waals surface area (Å²) in [6, 6.07) is 29.1. The Balaban J connectivity index is 0.000000186. The highest BCUT2D eigenvalue weighted by Gasteiger charge is 2.21. The van der Waals surface area contributed by atoms with Crippen molar-refractivity contribution < 1.29 is 14.6 Å². The molecular weight excluding hydrogens is 737 g/mol. The molecule has 0 aliphatic carbocycles. The first-order chi connectivity index (χ1) is 21.6. The van der Waals surface area contributed by atoms with E-state index in [0.717, 1.165) is 36.2 Å². The fourth-order valence-corrected chi connectivity index (χ4v) is 10.9. The molecule has 45 heavy (non-hydrogen) atoms. The molecular formula is C31H36N2O3S9. The summed E-state index contributed by atoms with van der Waals surface area (Å²) >= 11 is 11.7. The maximum atomic E-state index is 9.52. The maximum absolute atomic E-state index is 9.52. The normalized spacial score (nSPS) is 13.4. The monoisotopic (exact) mass is 772 g/mol. The molecule has 0 radical (unpaired) electrons. The second-order valence-electron chi connectivity index (χ2n) is 9.87. The number of fused-ring (bicyclic) bond motifs is 1. The van der Waals surface area contributed by atoms with E-state index in [2.05, 4.69) is 76.0 Å². The Morgan fingerprint density at radius 1 is 0.867 bits per heavy atom. The summed E-state index contributed by atoms with van der Waals surface area (Å²) in [5.41, 5.74) is 0.142. The molecule has 0 atom stereocenters. The van der Waals surface area contributed by atoms with Crippen LogP contribution in [0.5, 0.6) is 0 Å². The number of para-hydroxylation sites is 1. The van der Waals surface area contributed by atoms with E-state index in [1.54, 1.807) is 68.5 Å². The molecule has 0 spiro atoms. The third-order valence-electron chi connectivity index (χ3n) is 5.20. The number of thiocarbonyl (C=S) groups is 2. The van der Waals surface area contributed by atoms with Crippen molar-refractivity contribution in [2.24, 2.45) is 0 Å². The molecule has 0 bridgehead atoms. The minimum Gasteiger partial charge on any atom is -0.475 e.